The molecule has 2 aliphatic heterocycles. The zero-order valence-corrected chi connectivity index (χ0v) is 21.7. The number of nitrogens with zero attached hydrogens (tertiary/aromatic N) is 3. The molecule has 0 radical (unpaired) electrons. The number of ether oxygens (including phenoxy) is 2. The Kier molecular flexibility index (Phi) is 5.80. The van der Waals surface area contributed by atoms with E-state index in [0.29, 0.717) is 35.8 Å². The van der Waals surface area contributed by atoms with Crippen LogP contribution < -0.4 is 14.4 Å². The number of ketones is 1. The van der Waals surface area contributed by atoms with Crippen LogP contribution in [0.3, 0.4) is 0 Å². The Labute approximate surface area is 225 Å². The molecular weight excluding hydrogens is 522 g/mol. The number of amides is 1. The Bertz CT molecular complexity index is 1730. The number of Topliss-reactive ketones (excluding diaryl/α,β-unsaturated/α-hetero) is 1. The Hall–Kier alpha value is -4.77. The summed E-state index contributed by atoms with van der Waals surface area (Å²) < 4.78 is 12.0. The maximum Gasteiger partial charge on any atom is 0.301 e. The van der Waals surface area contributed by atoms with Crippen molar-refractivity contribution in [2.75, 3.05) is 18.1 Å². The number of aliphatic hydroxyl groups excluding tert-OH is 1. The van der Waals surface area contributed by atoms with E-state index in [4.69, 9.17) is 9.47 Å². The molecule has 0 spiro atoms. The van der Waals surface area contributed by atoms with E-state index in [1.807, 2.05) is 26.0 Å². The molecular formula is C28H21N3O7S. The number of fused-ring (bicyclic) bond motifs is 2. The van der Waals surface area contributed by atoms with Crippen molar-refractivity contribution in [3.63, 3.8) is 0 Å². The van der Waals surface area contributed by atoms with Crippen molar-refractivity contribution in [1.82, 2.24) is 4.98 Å². The number of thiazole rings is 1. The summed E-state index contributed by atoms with van der Waals surface area (Å²) >= 11 is 1.26. The SMILES string of the molecule is Cc1cc(C)c2nc(N3C(=O)C(=O)/C(=C(/O)c4ccc5c(c4)OCCO5)C3c3ccc([N+](=O)[O-])cc3)sc2c1. The van der Waals surface area contributed by atoms with Gasteiger partial charge in [0, 0.05) is 17.7 Å². The molecule has 1 saturated heterocycles. The average molecular weight is 544 g/mol. The first-order valence-corrected chi connectivity index (χ1v) is 12.9. The lowest BCUT2D eigenvalue weighted by Gasteiger charge is -2.23. The highest BCUT2D eigenvalue weighted by Crippen LogP contribution is 2.45. The third kappa shape index (κ3) is 4.07. The van der Waals surface area contributed by atoms with Gasteiger partial charge in [-0.25, -0.2) is 4.98 Å². The number of rotatable bonds is 4. The highest BCUT2D eigenvalue weighted by Gasteiger charge is 2.48. The van der Waals surface area contributed by atoms with Gasteiger partial charge in [0.15, 0.2) is 16.6 Å². The topological polar surface area (TPSA) is 132 Å². The molecule has 1 aromatic heterocycles. The first-order valence-electron chi connectivity index (χ1n) is 12.1. The lowest BCUT2D eigenvalue weighted by atomic mass is 9.95. The number of carbonyl (C=O) groups excluding carboxylic acids is 2. The highest BCUT2D eigenvalue weighted by molar-refractivity contribution is 7.22. The summed E-state index contributed by atoms with van der Waals surface area (Å²) in [5.74, 6) is -1.23. The summed E-state index contributed by atoms with van der Waals surface area (Å²) in [6.45, 7) is 4.61. The molecule has 196 valence electrons. The normalized spacial score (nSPS) is 18.1. The minimum atomic E-state index is -1.07. The lowest BCUT2D eigenvalue weighted by molar-refractivity contribution is -0.384. The van der Waals surface area contributed by atoms with E-state index in [2.05, 4.69) is 4.98 Å². The molecule has 0 saturated carbocycles. The monoisotopic (exact) mass is 543 g/mol. The van der Waals surface area contributed by atoms with Crippen molar-refractivity contribution in [2.24, 2.45) is 0 Å². The second-order valence-corrected chi connectivity index (χ2v) is 10.3. The number of hydrogen-bond donors (Lipinski definition) is 1. The van der Waals surface area contributed by atoms with Gasteiger partial charge >= 0.3 is 5.91 Å². The van der Waals surface area contributed by atoms with E-state index < -0.39 is 28.4 Å². The van der Waals surface area contributed by atoms with E-state index in [9.17, 15) is 24.8 Å². The largest absolute Gasteiger partial charge is 0.507 e. The van der Waals surface area contributed by atoms with Crippen LogP contribution in [-0.4, -0.2) is 39.9 Å². The Morgan fingerprint density at radius 3 is 2.49 bits per heavy atom. The summed E-state index contributed by atoms with van der Waals surface area (Å²) in [5.41, 5.74) is 3.03. The van der Waals surface area contributed by atoms with Gasteiger partial charge in [-0.1, -0.05) is 17.4 Å². The van der Waals surface area contributed by atoms with Crippen LogP contribution in [0, 0.1) is 24.0 Å². The first kappa shape index (κ1) is 24.6. The summed E-state index contributed by atoms with van der Waals surface area (Å²) in [5, 5.41) is 23.0. The standard InChI is InChI=1S/C28H21N3O7S/c1-14-11-15(2)23-21(12-14)39-28(29-23)30-24(16-3-6-18(7-4-16)31(35)36)22(26(33)27(30)34)25(32)17-5-8-19-20(13-17)38-10-9-37-19/h3-8,11-13,24,32H,9-10H2,1-2H3/b25-22+. The summed E-state index contributed by atoms with van der Waals surface area (Å²) in [6.07, 6.45) is 0. The van der Waals surface area contributed by atoms with Gasteiger partial charge in [-0.2, -0.15) is 0 Å². The number of nitro groups is 1. The van der Waals surface area contributed by atoms with E-state index in [-0.39, 0.29) is 22.0 Å². The van der Waals surface area contributed by atoms with Crippen LogP contribution in [0.4, 0.5) is 10.8 Å². The van der Waals surface area contributed by atoms with Crippen LogP contribution in [0.25, 0.3) is 16.0 Å². The summed E-state index contributed by atoms with van der Waals surface area (Å²) in [6, 6.07) is 13.2. The van der Waals surface area contributed by atoms with Gasteiger partial charge in [-0.3, -0.25) is 24.6 Å². The predicted molar refractivity (Wildman–Crippen MR) is 144 cm³/mol. The minimum Gasteiger partial charge on any atom is -0.507 e. The van der Waals surface area contributed by atoms with Gasteiger partial charge in [-0.15, -0.1) is 0 Å². The molecule has 1 N–H and O–H groups in total. The number of aryl methyl sites for hydroxylation is 2. The van der Waals surface area contributed by atoms with E-state index in [0.717, 1.165) is 15.8 Å². The molecule has 6 rings (SSSR count). The Balaban J connectivity index is 1.55. The molecule has 11 heteroatoms. The maximum atomic E-state index is 13.5. The molecule has 0 bridgehead atoms. The van der Waals surface area contributed by atoms with Crippen molar-refractivity contribution in [2.45, 2.75) is 19.9 Å². The van der Waals surface area contributed by atoms with E-state index in [1.54, 1.807) is 18.2 Å². The van der Waals surface area contributed by atoms with Crippen molar-refractivity contribution < 1.29 is 29.1 Å². The van der Waals surface area contributed by atoms with Gasteiger partial charge in [0.05, 0.1) is 26.8 Å². The van der Waals surface area contributed by atoms with Crippen molar-refractivity contribution >= 4 is 49.8 Å². The van der Waals surface area contributed by atoms with E-state index >= 15 is 0 Å². The second kappa shape index (κ2) is 9.21. The fourth-order valence-corrected chi connectivity index (χ4v) is 6.10. The second-order valence-electron chi connectivity index (χ2n) is 9.30. The number of hydrogen-bond acceptors (Lipinski definition) is 9. The van der Waals surface area contributed by atoms with Crippen LogP contribution in [0.15, 0.2) is 60.2 Å². The van der Waals surface area contributed by atoms with Crippen molar-refractivity contribution in [1.29, 1.82) is 0 Å². The van der Waals surface area contributed by atoms with Crippen molar-refractivity contribution in [3.05, 3.63) is 92.5 Å². The van der Waals surface area contributed by atoms with Gasteiger partial charge in [-0.05, 0) is 66.9 Å². The molecule has 39 heavy (non-hydrogen) atoms. The zero-order chi connectivity index (χ0) is 27.4. The third-order valence-electron chi connectivity index (χ3n) is 6.70. The number of carbonyl (C=O) groups is 2. The van der Waals surface area contributed by atoms with Crippen LogP contribution in [-0.2, 0) is 9.59 Å². The number of aromatic nitrogens is 1. The first-order chi connectivity index (χ1) is 18.7. The fourth-order valence-electron chi connectivity index (χ4n) is 4.93. The molecule has 1 unspecified atom stereocenters. The van der Waals surface area contributed by atoms with Crippen molar-refractivity contribution in [3.8, 4) is 11.5 Å². The quantitative estimate of drug-likeness (QED) is 0.122. The molecule has 1 atom stereocenters. The third-order valence-corrected chi connectivity index (χ3v) is 7.71. The maximum absolute atomic E-state index is 13.5. The van der Waals surface area contributed by atoms with Gasteiger partial charge in [0.2, 0.25) is 0 Å². The lowest BCUT2D eigenvalue weighted by Crippen LogP contribution is -2.29. The summed E-state index contributed by atoms with van der Waals surface area (Å²) in [4.78, 5) is 43.7. The van der Waals surface area contributed by atoms with Gasteiger partial charge in [0.1, 0.15) is 19.0 Å². The minimum absolute atomic E-state index is 0.145. The molecule has 3 heterocycles. The predicted octanol–water partition coefficient (Wildman–Crippen LogP) is 5.22. The zero-order valence-electron chi connectivity index (χ0n) is 20.8. The molecule has 2 aliphatic rings. The van der Waals surface area contributed by atoms with Crippen LogP contribution in [0.1, 0.15) is 28.3 Å². The number of benzene rings is 3. The molecule has 10 nitrogen and oxygen atoms in total. The fraction of sp³-hybridized carbons (Fsp3) is 0.179. The molecule has 3 aromatic carbocycles. The van der Waals surface area contributed by atoms with Gasteiger partial charge in [0.25, 0.3) is 11.5 Å². The summed E-state index contributed by atoms with van der Waals surface area (Å²) in [7, 11) is 0. The smallest absolute Gasteiger partial charge is 0.301 e. The average Bonchev–Trinajstić information content (AvgIpc) is 3.46. The van der Waals surface area contributed by atoms with Crippen LogP contribution >= 0.6 is 11.3 Å². The van der Waals surface area contributed by atoms with Crippen LogP contribution in [0.2, 0.25) is 0 Å². The number of aliphatic hydroxyl groups is 1. The molecule has 4 aromatic rings. The van der Waals surface area contributed by atoms with Gasteiger partial charge < -0.3 is 14.6 Å². The Morgan fingerprint density at radius 2 is 1.77 bits per heavy atom. The number of non-ortho nitro benzene ring substituents is 1. The Morgan fingerprint density at radius 1 is 1.05 bits per heavy atom. The number of anilines is 1. The number of nitro benzene ring substituents is 1. The van der Waals surface area contributed by atoms with E-state index in [1.165, 1.54) is 40.5 Å². The molecule has 1 fully saturated rings. The molecule has 0 aliphatic carbocycles. The molecule has 1 amide bonds. The van der Waals surface area contributed by atoms with Crippen LogP contribution in [0.5, 0.6) is 11.5 Å². The highest BCUT2D eigenvalue weighted by atomic mass is 32.1.